The van der Waals surface area contributed by atoms with Crippen LogP contribution in [0, 0.1) is 0 Å². The van der Waals surface area contributed by atoms with E-state index in [1.165, 1.54) is 19.1 Å². The van der Waals surface area contributed by atoms with Gasteiger partial charge in [0.1, 0.15) is 6.04 Å². The maximum atomic E-state index is 11.7. The van der Waals surface area contributed by atoms with E-state index in [2.05, 4.69) is 35.3 Å². The molecule has 0 aromatic heterocycles. The summed E-state index contributed by atoms with van der Waals surface area (Å²) in [7, 11) is 0. The second kappa shape index (κ2) is 7.20. The summed E-state index contributed by atoms with van der Waals surface area (Å²) in [5.74, 6) is -2.13. The van der Waals surface area contributed by atoms with Crippen molar-refractivity contribution in [2.75, 3.05) is 0 Å². The first-order valence-corrected chi connectivity index (χ1v) is 6.39. The van der Waals surface area contributed by atoms with Crippen LogP contribution in [0.15, 0.2) is 30.3 Å². The minimum atomic E-state index is -1.10. The van der Waals surface area contributed by atoms with Gasteiger partial charge in [-0.15, -0.1) is 0 Å². The summed E-state index contributed by atoms with van der Waals surface area (Å²) in [4.78, 5) is 34.4. The molecule has 1 N–H and O–H groups in total. The standard InChI is InChI=1S/C12H13NO4S2/c1-7(14)13-9(12(18)19)11(16)17-10(15)8-5-3-2-4-6-8/h2-6,9,12,18-19H,1H3,(H,13,14). The van der Waals surface area contributed by atoms with E-state index in [-0.39, 0.29) is 5.56 Å². The van der Waals surface area contributed by atoms with Gasteiger partial charge in [-0.05, 0) is 12.1 Å². The number of hydrogen-bond donors (Lipinski definition) is 3. The average molecular weight is 299 g/mol. The minimum Gasteiger partial charge on any atom is -0.388 e. The fourth-order valence-electron chi connectivity index (χ4n) is 1.26. The number of amides is 1. The van der Waals surface area contributed by atoms with Crippen LogP contribution < -0.4 is 5.32 Å². The van der Waals surface area contributed by atoms with Crippen LogP contribution >= 0.6 is 25.3 Å². The Balaban J connectivity index is 2.72. The highest BCUT2D eigenvalue weighted by molar-refractivity contribution is 7.99. The summed E-state index contributed by atoms with van der Waals surface area (Å²) < 4.78 is 3.89. The molecule has 1 aromatic rings. The molecule has 0 spiro atoms. The van der Waals surface area contributed by atoms with Crippen molar-refractivity contribution in [3.8, 4) is 0 Å². The Hall–Kier alpha value is -1.47. The first-order chi connectivity index (χ1) is 8.91. The van der Waals surface area contributed by atoms with E-state index in [4.69, 9.17) is 0 Å². The lowest BCUT2D eigenvalue weighted by Crippen LogP contribution is -2.45. The van der Waals surface area contributed by atoms with Gasteiger partial charge in [0, 0.05) is 6.92 Å². The number of rotatable bonds is 4. The monoisotopic (exact) mass is 299 g/mol. The maximum Gasteiger partial charge on any atom is 0.345 e. The van der Waals surface area contributed by atoms with E-state index in [0.717, 1.165) is 0 Å². The van der Waals surface area contributed by atoms with Gasteiger partial charge in [0.25, 0.3) is 0 Å². The van der Waals surface area contributed by atoms with Crippen LogP contribution in [0.5, 0.6) is 0 Å². The van der Waals surface area contributed by atoms with E-state index in [0.29, 0.717) is 0 Å². The fraction of sp³-hybridized carbons (Fsp3) is 0.250. The molecular formula is C12H13NO4S2. The lowest BCUT2D eigenvalue weighted by molar-refractivity contribution is -0.141. The van der Waals surface area contributed by atoms with Crippen LogP contribution in [-0.2, 0) is 14.3 Å². The SMILES string of the molecule is CC(=O)NC(C(=O)OC(=O)c1ccccc1)C(S)S. The molecule has 0 aliphatic heterocycles. The molecule has 0 heterocycles. The van der Waals surface area contributed by atoms with Crippen LogP contribution in [0.2, 0.25) is 0 Å². The number of nitrogens with one attached hydrogen (secondary N) is 1. The van der Waals surface area contributed by atoms with E-state index in [1.54, 1.807) is 18.2 Å². The zero-order valence-electron chi connectivity index (χ0n) is 10.1. The molecule has 5 nitrogen and oxygen atoms in total. The third-order valence-corrected chi connectivity index (χ3v) is 2.71. The van der Waals surface area contributed by atoms with Gasteiger partial charge < -0.3 is 10.1 Å². The Labute approximate surface area is 121 Å². The maximum absolute atomic E-state index is 11.7. The predicted octanol–water partition coefficient (Wildman–Crippen LogP) is 1.06. The summed E-state index contributed by atoms with van der Waals surface area (Å²) in [6.07, 6.45) is 0. The van der Waals surface area contributed by atoms with Crippen LogP contribution in [0.3, 0.4) is 0 Å². The second-order valence-electron chi connectivity index (χ2n) is 3.67. The van der Waals surface area contributed by atoms with Crippen LogP contribution in [0.1, 0.15) is 17.3 Å². The Kier molecular flexibility index (Phi) is 5.91. The van der Waals surface area contributed by atoms with Gasteiger partial charge in [-0.2, -0.15) is 25.3 Å². The third-order valence-electron chi connectivity index (χ3n) is 2.11. The van der Waals surface area contributed by atoms with E-state index in [9.17, 15) is 14.4 Å². The first-order valence-electron chi connectivity index (χ1n) is 5.36. The van der Waals surface area contributed by atoms with Gasteiger partial charge >= 0.3 is 11.9 Å². The highest BCUT2D eigenvalue weighted by Crippen LogP contribution is 2.10. The number of esters is 2. The summed E-state index contributed by atoms with van der Waals surface area (Å²) in [6.45, 7) is 1.24. The molecule has 1 amide bonds. The van der Waals surface area contributed by atoms with Gasteiger partial charge in [-0.1, -0.05) is 18.2 Å². The predicted molar refractivity (Wildman–Crippen MR) is 76.2 cm³/mol. The number of ether oxygens (including phenoxy) is 1. The summed E-state index contributed by atoms with van der Waals surface area (Å²) in [5, 5.41) is 2.32. The lowest BCUT2D eigenvalue weighted by atomic mass is 10.2. The molecule has 102 valence electrons. The van der Waals surface area contributed by atoms with Gasteiger partial charge in [0.05, 0.1) is 10.1 Å². The number of carbonyl (C=O) groups excluding carboxylic acids is 3. The number of carbonyl (C=O) groups is 3. The largest absolute Gasteiger partial charge is 0.388 e. The highest BCUT2D eigenvalue weighted by atomic mass is 32.2. The first kappa shape index (κ1) is 15.6. The van der Waals surface area contributed by atoms with Crippen LogP contribution in [0.4, 0.5) is 0 Å². The smallest absolute Gasteiger partial charge is 0.345 e. The van der Waals surface area contributed by atoms with Gasteiger partial charge in [0.15, 0.2) is 0 Å². The third kappa shape index (κ3) is 4.96. The Bertz CT molecular complexity index is 476. The molecular weight excluding hydrogens is 286 g/mol. The summed E-state index contributed by atoms with van der Waals surface area (Å²) >= 11 is 7.91. The normalized spacial score (nSPS) is 11.8. The van der Waals surface area contributed by atoms with Crippen molar-refractivity contribution >= 4 is 43.1 Å². The Morgan fingerprint density at radius 3 is 2.21 bits per heavy atom. The van der Waals surface area contributed by atoms with Crippen molar-refractivity contribution in [3.05, 3.63) is 35.9 Å². The summed E-state index contributed by atoms with van der Waals surface area (Å²) in [5.41, 5.74) is 0.243. The number of hydrogen-bond acceptors (Lipinski definition) is 6. The van der Waals surface area contributed by atoms with Gasteiger partial charge in [0.2, 0.25) is 5.91 Å². The second-order valence-corrected chi connectivity index (χ2v) is 5.19. The lowest BCUT2D eigenvalue weighted by Gasteiger charge is -2.17. The van der Waals surface area contributed by atoms with Gasteiger partial charge in [-0.3, -0.25) is 4.79 Å². The highest BCUT2D eigenvalue weighted by Gasteiger charge is 2.28. The molecule has 1 unspecified atom stereocenters. The molecule has 0 saturated heterocycles. The zero-order valence-corrected chi connectivity index (χ0v) is 11.9. The molecule has 1 atom stereocenters. The molecule has 19 heavy (non-hydrogen) atoms. The molecule has 1 rings (SSSR count). The molecule has 0 radical (unpaired) electrons. The minimum absolute atomic E-state index is 0.243. The topological polar surface area (TPSA) is 72.5 Å². The number of benzene rings is 1. The molecule has 1 aromatic carbocycles. The van der Waals surface area contributed by atoms with Crippen LogP contribution in [-0.4, -0.2) is 28.5 Å². The Morgan fingerprint density at radius 2 is 1.74 bits per heavy atom. The number of thiol groups is 2. The molecule has 0 saturated carbocycles. The fourth-order valence-corrected chi connectivity index (χ4v) is 1.65. The van der Waals surface area contributed by atoms with E-state index in [1.807, 2.05) is 0 Å². The summed E-state index contributed by atoms with van der Waals surface area (Å²) in [6, 6.07) is 6.95. The van der Waals surface area contributed by atoms with Crippen molar-refractivity contribution in [3.63, 3.8) is 0 Å². The molecule has 0 aliphatic rings. The van der Waals surface area contributed by atoms with Crippen molar-refractivity contribution in [2.24, 2.45) is 0 Å². The molecule has 0 aliphatic carbocycles. The average Bonchev–Trinajstić information content (AvgIpc) is 2.36. The molecule has 7 heteroatoms. The van der Waals surface area contributed by atoms with Crippen molar-refractivity contribution in [1.82, 2.24) is 5.32 Å². The van der Waals surface area contributed by atoms with Crippen LogP contribution in [0.25, 0.3) is 0 Å². The zero-order chi connectivity index (χ0) is 14.4. The van der Waals surface area contributed by atoms with E-state index >= 15 is 0 Å². The molecule has 0 fully saturated rings. The van der Waals surface area contributed by atoms with Crippen molar-refractivity contribution in [2.45, 2.75) is 17.5 Å². The quantitative estimate of drug-likeness (QED) is 0.336. The van der Waals surface area contributed by atoms with Gasteiger partial charge in [-0.25, -0.2) is 9.59 Å². The van der Waals surface area contributed by atoms with Crippen molar-refractivity contribution in [1.29, 1.82) is 0 Å². The Morgan fingerprint density at radius 1 is 1.16 bits per heavy atom. The molecule has 0 bridgehead atoms. The van der Waals surface area contributed by atoms with E-state index < -0.39 is 28.5 Å². The van der Waals surface area contributed by atoms with Crippen molar-refractivity contribution < 1.29 is 19.1 Å².